The summed E-state index contributed by atoms with van der Waals surface area (Å²) in [4.78, 5) is 11.0. The average Bonchev–Trinajstić information content (AvgIpc) is 2.42. The van der Waals surface area contributed by atoms with Gasteiger partial charge in [0, 0.05) is 12.5 Å². The molecule has 2 saturated carbocycles. The van der Waals surface area contributed by atoms with Crippen molar-refractivity contribution in [2.45, 2.75) is 45.1 Å². The molecule has 1 amide bonds. The maximum absolute atomic E-state index is 11.0. The smallest absolute Gasteiger partial charge is 0.217 e. The van der Waals surface area contributed by atoms with Gasteiger partial charge in [0.1, 0.15) is 0 Å². The molecule has 2 nitrogen and oxygen atoms in total. The van der Waals surface area contributed by atoms with Gasteiger partial charge in [0.05, 0.1) is 0 Å². The molecule has 2 rings (SSSR count). The zero-order valence-corrected chi connectivity index (χ0v) is 7.89. The molecule has 2 aliphatic carbocycles. The first-order chi connectivity index (χ1) is 5.60. The Morgan fingerprint density at radius 2 is 2.25 bits per heavy atom. The summed E-state index contributed by atoms with van der Waals surface area (Å²) >= 11 is 0. The molecule has 12 heavy (non-hydrogen) atoms. The Morgan fingerprint density at radius 3 is 2.67 bits per heavy atom. The highest BCUT2D eigenvalue weighted by Gasteiger charge is 2.48. The average molecular weight is 167 g/mol. The van der Waals surface area contributed by atoms with Crippen molar-refractivity contribution in [3.63, 3.8) is 0 Å². The predicted molar refractivity (Wildman–Crippen MR) is 47.7 cm³/mol. The third kappa shape index (κ3) is 1.13. The molecule has 0 saturated heterocycles. The van der Waals surface area contributed by atoms with Gasteiger partial charge in [-0.2, -0.15) is 0 Å². The number of carbonyl (C=O) groups excluding carboxylic acids is 1. The van der Waals surface area contributed by atoms with Crippen molar-refractivity contribution in [1.29, 1.82) is 0 Å². The number of fused-ring (bicyclic) bond motifs is 2. The van der Waals surface area contributed by atoms with Crippen molar-refractivity contribution in [3.8, 4) is 0 Å². The quantitative estimate of drug-likeness (QED) is 0.632. The summed E-state index contributed by atoms with van der Waals surface area (Å²) in [6, 6.07) is 0. The molecule has 2 bridgehead atoms. The number of nitrogens with one attached hydrogen (secondary N) is 1. The number of rotatable bonds is 1. The van der Waals surface area contributed by atoms with Crippen LogP contribution in [0.15, 0.2) is 0 Å². The molecule has 0 radical (unpaired) electrons. The fraction of sp³-hybridized carbons (Fsp3) is 0.900. The van der Waals surface area contributed by atoms with Crippen LogP contribution in [0, 0.1) is 11.8 Å². The van der Waals surface area contributed by atoms with E-state index >= 15 is 0 Å². The normalized spacial score (nSPS) is 44.8. The highest BCUT2D eigenvalue weighted by atomic mass is 16.1. The first kappa shape index (κ1) is 8.09. The van der Waals surface area contributed by atoms with Crippen molar-refractivity contribution in [3.05, 3.63) is 0 Å². The van der Waals surface area contributed by atoms with E-state index in [2.05, 4.69) is 12.2 Å². The maximum atomic E-state index is 11.0. The largest absolute Gasteiger partial charge is 0.351 e. The second-order valence-corrected chi connectivity index (χ2v) is 4.68. The Labute approximate surface area is 73.7 Å². The Hall–Kier alpha value is -0.530. The van der Waals surface area contributed by atoms with E-state index in [4.69, 9.17) is 0 Å². The van der Waals surface area contributed by atoms with Gasteiger partial charge in [-0.05, 0) is 44.4 Å². The summed E-state index contributed by atoms with van der Waals surface area (Å²) in [5.41, 5.74) is 0.134. The molecular formula is C10H17NO. The van der Waals surface area contributed by atoms with Crippen LogP contribution in [0.3, 0.4) is 0 Å². The lowest BCUT2D eigenvalue weighted by atomic mass is 9.82. The molecule has 3 unspecified atom stereocenters. The SMILES string of the molecule is CC(=O)NC1(C)CC2CCC1C2. The van der Waals surface area contributed by atoms with Crippen molar-refractivity contribution in [2.24, 2.45) is 11.8 Å². The van der Waals surface area contributed by atoms with Crippen LogP contribution < -0.4 is 5.32 Å². The first-order valence-electron chi connectivity index (χ1n) is 4.89. The lowest BCUT2D eigenvalue weighted by molar-refractivity contribution is -0.121. The van der Waals surface area contributed by atoms with Crippen LogP contribution in [0.1, 0.15) is 39.5 Å². The Kier molecular flexibility index (Phi) is 1.67. The van der Waals surface area contributed by atoms with Crippen LogP contribution in [-0.2, 0) is 4.79 Å². The lowest BCUT2D eigenvalue weighted by Gasteiger charge is -2.34. The summed E-state index contributed by atoms with van der Waals surface area (Å²) in [5.74, 6) is 1.78. The van der Waals surface area contributed by atoms with Gasteiger partial charge in [-0.15, -0.1) is 0 Å². The summed E-state index contributed by atoms with van der Waals surface area (Å²) in [6.45, 7) is 3.83. The van der Waals surface area contributed by atoms with Crippen molar-refractivity contribution >= 4 is 5.91 Å². The topological polar surface area (TPSA) is 29.1 Å². The van der Waals surface area contributed by atoms with Gasteiger partial charge in [-0.3, -0.25) is 4.79 Å². The molecule has 0 spiro atoms. The molecule has 2 fully saturated rings. The summed E-state index contributed by atoms with van der Waals surface area (Å²) in [6.07, 6.45) is 5.26. The van der Waals surface area contributed by atoms with E-state index < -0.39 is 0 Å². The van der Waals surface area contributed by atoms with Gasteiger partial charge in [0.25, 0.3) is 0 Å². The van der Waals surface area contributed by atoms with Crippen LogP contribution in [0.4, 0.5) is 0 Å². The fourth-order valence-corrected chi connectivity index (χ4v) is 3.16. The lowest BCUT2D eigenvalue weighted by Crippen LogP contribution is -2.48. The zero-order chi connectivity index (χ0) is 8.77. The monoisotopic (exact) mass is 167 g/mol. The van der Waals surface area contributed by atoms with E-state index in [1.165, 1.54) is 25.7 Å². The molecule has 1 N–H and O–H groups in total. The van der Waals surface area contributed by atoms with Crippen molar-refractivity contribution in [2.75, 3.05) is 0 Å². The van der Waals surface area contributed by atoms with Crippen LogP contribution >= 0.6 is 0 Å². The molecular weight excluding hydrogens is 150 g/mol. The second-order valence-electron chi connectivity index (χ2n) is 4.68. The van der Waals surface area contributed by atoms with Gasteiger partial charge in [0.15, 0.2) is 0 Å². The van der Waals surface area contributed by atoms with Gasteiger partial charge >= 0.3 is 0 Å². The standard InChI is InChI=1S/C10H17NO/c1-7(12)11-10(2)6-8-3-4-9(10)5-8/h8-9H,3-6H2,1-2H3,(H,11,12). The summed E-state index contributed by atoms with van der Waals surface area (Å²) < 4.78 is 0. The second kappa shape index (κ2) is 2.48. The van der Waals surface area contributed by atoms with E-state index in [-0.39, 0.29) is 11.4 Å². The summed E-state index contributed by atoms with van der Waals surface area (Å²) in [5, 5.41) is 3.11. The predicted octanol–water partition coefficient (Wildman–Crippen LogP) is 1.70. The molecule has 3 atom stereocenters. The van der Waals surface area contributed by atoms with Gasteiger partial charge in [-0.1, -0.05) is 0 Å². The molecule has 2 heteroatoms. The first-order valence-corrected chi connectivity index (χ1v) is 4.89. The third-order valence-corrected chi connectivity index (χ3v) is 3.62. The highest BCUT2D eigenvalue weighted by Crippen LogP contribution is 2.50. The Bertz CT molecular complexity index is 214. The minimum atomic E-state index is 0.130. The number of carbonyl (C=O) groups is 1. The van der Waals surface area contributed by atoms with Crippen LogP contribution in [0.2, 0.25) is 0 Å². The van der Waals surface area contributed by atoms with Crippen LogP contribution in [-0.4, -0.2) is 11.4 Å². The number of hydrogen-bond acceptors (Lipinski definition) is 1. The molecule has 0 aromatic heterocycles. The molecule has 0 aromatic carbocycles. The zero-order valence-electron chi connectivity index (χ0n) is 7.89. The van der Waals surface area contributed by atoms with Gasteiger partial charge < -0.3 is 5.32 Å². The molecule has 0 aromatic rings. The van der Waals surface area contributed by atoms with E-state index in [1.807, 2.05) is 0 Å². The molecule has 0 heterocycles. The number of amides is 1. The van der Waals surface area contributed by atoms with Crippen molar-refractivity contribution < 1.29 is 4.79 Å². The Balaban J connectivity index is 2.07. The molecule has 0 aliphatic heterocycles. The van der Waals surface area contributed by atoms with Crippen LogP contribution in [0.5, 0.6) is 0 Å². The number of hydrogen-bond donors (Lipinski definition) is 1. The van der Waals surface area contributed by atoms with E-state index in [0.717, 1.165) is 11.8 Å². The van der Waals surface area contributed by atoms with Crippen molar-refractivity contribution in [1.82, 2.24) is 5.32 Å². The van der Waals surface area contributed by atoms with Gasteiger partial charge in [0.2, 0.25) is 5.91 Å². The van der Waals surface area contributed by atoms with E-state index in [1.54, 1.807) is 6.92 Å². The van der Waals surface area contributed by atoms with Crippen LogP contribution in [0.25, 0.3) is 0 Å². The maximum Gasteiger partial charge on any atom is 0.217 e. The van der Waals surface area contributed by atoms with Gasteiger partial charge in [-0.25, -0.2) is 0 Å². The van der Waals surface area contributed by atoms with E-state index in [0.29, 0.717) is 0 Å². The third-order valence-electron chi connectivity index (χ3n) is 3.62. The van der Waals surface area contributed by atoms with E-state index in [9.17, 15) is 4.79 Å². The molecule has 68 valence electrons. The summed E-state index contributed by atoms with van der Waals surface area (Å²) in [7, 11) is 0. The minimum Gasteiger partial charge on any atom is -0.351 e. The molecule has 2 aliphatic rings. The highest BCUT2D eigenvalue weighted by molar-refractivity contribution is 5.73. The Morgan fingerprint density at radius 1 is 1.50 bits per heavy atom. The minimum absolute atomic E-state index is 0.130. The fourth-order valence-electron chi connectivity index (χ4n) is 3.16.